The summed E-state index contributed by atoms with van der Waals surface area (Å²) in [5.74, 6) is -0.936. The molecule has 4 heteroatoms. The Labute approximate surface area is 58.5 Å². The Morgan fingerprint density at radius 3 is 2.20 bits per heavy atom. The number of ether oxygens (including phenoxy) is 1. The molecule has 0 saturated carbocycles. The first-order valence-electron chi connectivity index (χ1n) is 3.04. The Balaban J connectivity index is 2.73. The molecule has 1 heterocycles. The molecule has 1 rings (SSSR count). The van der Waals surface area contributed by atoms with Gasteiger partial charge in [0.2, 0.25) is 5.91 Å². The van der Waals surface area contributed by atoms with Gasteiger partial charge in [0.05, 0.1) is 5.92 Å². The van der Waals surface area contributed by atoms with E-state index in [-0.39, 0.29) is 17.7 Å². The van der Waals surface area contributed by atoms with Gasteiger partial charge in [-0.3, -0.25) is 14.9 Å². The Morgan fingerprint density at radius 1 is 1.40 bits per heavy atom. The molecule has 0 spiro atoms. The fraction of sp³-hybridized carbons (Fsp3) is 0.667. The lowest BCUT2D eigenvalue weighted by atomic mass is 10.1. The molecule has 1 saturated heterocycles. The van der Waals surface area contributed by atoms with E-state index < -0.39 is 6.10 Å². The zero-order valence-corrected chi connectivity index (χ0v) is 5.88. The van der Waals surface area contributed by atoms with Crippen molar-refractivity contribution in [2.45, 2.75) is 13.0 Å². The highest BCUT2D eigenvalue weighted by atomic mass is 16.5. The topological polar surface area (TPSA) is 55.4 Å². The number of rotatable bonds is 1. The van der Waals surface area contributed by atoms with E-state index in [9.17, 15) is 9.59 Å². The van der Waals surface area contributed by atoms with Crippen molar-refractivity contribution in [1.29, 1.82) is 0 Å². The summed E-state index contributed by atoms with van der Waals surface area (Å²) in [5.41, 5.74) is 0. The molecular formula is C6H9NO3. The van der Waals surface area contributed by atoms with Gasteiger partial charge in [-0.1, -0.05) is 6.92 Å². The van der Waals surface area contributed by atoms with Gasteiger partial charge < -0.3 is 4.74 Å². The zero-order chi connectivity index (χ0) is 7.72. The van der Waals surface area contributed by atoms with Crippen LogP contribution in [0.4, 0.5) is 0 Å². The predicted octanol–water partition coefficient (Wildman–Crippen LogP) is -0.706. The first kappa shape index (κ1) is 7.21. The van der Waals surface area contributed by atoms with Crippen molar-refractivity contribution in [3.05, 3.63) is 0 Å². The SMILES string of the molecule is COC1C(=O)NC(=O)C1C. The largest absolute Gasteiger partial charge is 0.371 e. The van der Waals surface area contributed by atoms with Crippen molar-refractivity contribution in [2.75, 3.05) is 7.11 Å². The van der Waals surface area contributed by atoms with Crippen molar-refractivity contribution < 1.29 is 14.3 Å². The minimum Gasteiger partial charge on any atom is -0.371 e. The van der Waals surface area contributed by atoms with E-state index in [1.54, 1.807) is 6.92 Å². The zero-order valence-electron chi connectivity index (χ0n) is 5.88. The maximum atomic E-state index is 10.8. The lowest BCUT2D eigenvalue weighted by Gasteiger charge is -2.06. The average molecular weight is 143 g/mol. The average Bonchev–Trinajstić information content (AvgIpc) is 2.09. The molecule has 2 atom stereocenters. The number of imide groups is 1. The minimum absolute atomic E-state index is 0.253. The van der Waals surface area contributed by atoms with Gasteiger partial charge in [0.1, 0.15) is 6.10 Å². The van der Waals surface area contributed by atoms with Crippen LogP contribution in [0.1, 0.15) is 6.92 Å². The van der Waals surface area contributed by atoms with E-state index >= 15 is 0 Å². The molecular weight excluding hydrogens is 134 g/mol. The van der Waals surface area contributed by atoms with Crippen molar-refractivity contribution in [3.63, 3.8) is 0 Å². The summed E-state index contributed by atoms with van der Waals surface area (Å²) < 4.78 is 4.77. The highest BCUT2D eigenvalue weighted by Gasteiger charge is 2.38. The lowest BCUT2D eigenvalue weighted by molar-refractivity contribution is -0.128. The normalized spacial score (nSPS) is 32.6. The summed E-state index contributed by atoms with van der Waals surface area (Å²) in [6, 6.07) is 0. The van der Waals surface area contributed by atoms with Gasteiger partial charge in [0.25, 0.3) is 5.91 Å². The van der Waals surface area contributed by atoms with Crippen LogP contribution < -0.4 is 5.32 Å². The van der Waals surface area contributed by atoms with E-state index in [0.717, 1.165) is 0 Å². The molecule has 0 aliphatic carbocycles. The quantitative estimate of drug-likeness (QED) is 0.493. The van der Waals surface area contributed by atoms with Crippen LogP contribution in [0.15, 0.2) is 0 Å². The third-order valence-corrected chi connectivity index (χ3v) is 1.63. The first-order chi connectivity index (χ1) is 4.66. The molecule has 10 heavy (non-hydrogen) atoms. The first-order valence-corrected chi connectivity index (χ1v) is 3.04. The second kappa shape index (κ2) is 2.38. The lowest BCUT2D eigenvalue weighted by Crippen LogP contribution is -2.26. The van der Waals surface area contributed by atoms with Gasteiger partial charge in [-0.15, -0.1) is 0 Å². The fourth-order valence-electron chi connectivity index (χ4n) is 0.982. The van der Waals surface area contributed by atoms with Gasteiger partial charge in [-0.25, -0.2) is 0 Å². The molecule has 1 aliphatic heterocycles. The molecule has 56 valence electrons. The van der Waals surface area contributed by atoms with Crippen LogP contribution in [-0.4, -0.2) is 25.0 Å². The monoisotopic (exact) mass is 143 g/mol. The van der Waals surface area contributed by atoms with Gasteiger partial charge >= 0.3 is 0 Å². The van der Waals surface area contributed by atoms with E-state index in [4.69, 9.17) is 4.74 Å². The molecule has 2 amide bonds. The van der Waals surface area contributed by atoms with Crippen molar-refractivity contribution >= 4 is 11.8 Å². The molecule has 4 nitrogen and oxygen atoms in total. The molecule has 1 aliphatic rings. The second-order valence-corrected chi connectivity index (χ2v) is 2.30. The predicted molar refractivity (Wildman–Crippen MR) is 33.1 cm³/mol. The summed E-state index contributed by atoms with van der Waals surface area (Å²) in [7, 11) is 1.42. The Morgan fingerprint density at radius 2 is 2.00 bits per heavy atom. The Hall–Kier alpha value is -0.900. The number of hydrogen-bond donors (Lipinski definition) is 1. The second-order valence-electron chi connectivity index (χ2n) is 2.30. The summed E-state index contributed by atoms with van der Waals surface area (Å²) in [5, 5.41) is 2.16. The smallest absolute Gasteiger partial charge is 0.256 e. The molecule has 0 bridgehead atoms. The molecule has 2 unspecified atom stereocenters. The number of hydrogen-bond acceptors (Lipinski definition) is 3. The molecule has 0 aromatic rings. The summed E-state index contributed by atoms with van der Waals surface area (Å²) >= 11 is 0. The van der Waals surface area contributed by atoms with Crippen LogP contribution in [0.3, 0.4) is 0 Å². The molecule has 1 fully saturated rings. The molecule has 1 N–H and O–H groups in total. The Kier molecular flexibility index (Phi) is 1.72. The van der Waals surface area contributed by atoms with Crippen molar-refractivity contribution in [1.82, 2.24) is 5.32 Å². The van der Waals surface area contributed by atoms with Crippen LogP contribution in [-0.2, 0) is 14.3 Å². The number of methoxy groups -OCH3 is 1. The van der Waals surface area contributed by atoms with E-state index in [1.807, 2.05) is 0 Å². The van der Waals surface area contributed by atoms with Gasteiger partial charge in [-0.05, 0) is 0 Å². The number of amides is 2. The van der Waals surface area contributed by atoms with Gasteiger partial charge in [0, 0.05) is 7.11 Å². The highest BCUT2D eigenvalue weighted by Crippen LogP contribution is 2.12. The minimum atomic E-state index is -0.590. The molecule has 0 radical (unpaired) electrons. The molecule has 0 aromatic carbocycles. The summed E-state index contributed by atoms with van der Waals surface area (Å²) in [4.78, 5) is 21.5. The maximum absolute atomic E-state index is 10.8. The number of nitrogens with one attached hydrogen (secondary N) is 1. The third-order valence-electron chi connectivity index (χ3n) is 1.63. The Bertz CT molecular complexity index is 178. The van der Waals surface area contributed by atoms with Crippen LogP contribution >= 0.6 is 0 Å². The third kappa shape index (κ3) is 0.903. The maximum Gasteiger partial charge on any atom is 0.256 e. The van der Waals surface area contributed by atoms with Crippen LogP contribution in [0.2, 0.25) is 0 Å². The van der Waals surface area contributed by atoms with E-state index in [2.05, 4.69) is 5.32 Å². The standard InChI is InChI=1S/C6H9NO3/c1-3-4(10-2)6(9)7-5(3)8/h3-4H,1-2H3,(H,7,8,9). The van der Waals surface area contributed by atoms with Crippen LogP contribution in [0.5, 0.6) is 0 Å². The number of carbonyl (C=O) groups is 2. The van der Waals surface area contributed by atoms with Gasteiger partial charge in [-0.2, -0.15) is 0 Å². The van der Waals surface area contributed by atoms with Crippen molar-refractivity contribution in [2.24, 2.45) is 5.92 Å². The van der Waals surface area contributed by atoms with E-state index in [0.29, 0.717) is 0 Å². The fourth-order valence-corrected chi connectivity index (χ4v) is 0.982. The van der Waals surface area contributed by atoms with E-state index in [1.165, 1.54) is 7.11 Å². The number of carbonyl (C=O) groups excluding carboxylic acids is 2. The summed E-state index contributed by atoms with van der Waals surface area (Å²) in [6.07, 6.45) is -0.590. The van der Waals surface area contributed by atoms with Crippen LogP contribution in [0.25, 0.3) is 0 Å². The summed E-state index contributed by atoms with van der Waals surface area (Å²) in [6.45, 7) is 1.66. The van der Waals surface area contributed by atoms with Gasteiger partial charge in [0.15, 0.2) is 0 Å². The van der Waals surface area contributed by atoms with Crippen molar-refractivity contribution in [3.8, 4) is 0 Å². The molecule has 0 aromatic heterocycles. The van der Waals surface area contributed by atoms with Crippen LogP contribution in [0, 0.1) is 5.92 Å². The highest BCUT2D eigenvalue weighted by molar-refractivity contribution is 6.06.